The van der Waals surface area contributed by atoms with E-state index in [0.717, 1.165) is 6.08 Å². The third-order valence-electron chi connectivity index (χ3n) is 9.69. The van der Waals surface area contributed by atoms with Crippen molar-refractivity contribution < 1.29 is 49.8 Å². The molecule has 9 atom stereocenters. The lowest BCUT2D eigenvalue weighted by Gasteiger charge is -2.38. The average Bonchev–Trinajstić information content (AvgIpc) is 3.02. The van der Waals surface area contributed by atoms with Gasteiger partial charge in [0.15, 0.2) is 11.6 Å². The normalized spacial score (nSPS) is 36.4. The number of aromatic hydroxyl groups is 1. The van der Waals surface area contributed by atoms with Gasteiger partial charge in [-0.1, -0.05) is 45.9 Å². The van der Waals surface area contributed by atoms with Gasteiger partial charge in [0, 0.05) is 45.9 Å². The molecule has 0 aromatic heterocycles. The van der Waals surface area contributed by atoms with Crippen molar-refractivity contribution in [1.29, 1.82) is 0 Å². The van der Waals surface area contributed by atoms with Crippen molar-refractivity contribution in [2.45, 2.75) is 92.3 Å². The highest BCUT2D eigenvalue weighted by atomic mass is 16.3. The van der Waals surface area contributed by atoms with Crippen LogP contribution in [0.25, 0.3) is 0 Å². The van der Waals surface area contributed by atoms with Gasteiger partial charge in [-0.3, -0.25) is 19.2 Å². The maximum atomic E-state index is 13.9. The number of ketones is 3. The summed E-state index contributed by atoms with van der Waals surface area (Å²) in [7, 11) is 0. The molecule has 11 heteroatoms. The topological polar surface area (TPSA) is 202 Å². The Morgan fingerprint density at radius 3 is 1.89 bits per heavy atom. The monoisotopic (exact) mass is 653 g/mol. The average molecular weight is 654 g/mol. The SMILES string of the molecule is CC1=C2NC(=O)/C(C)=C/C=C\[C@H](C)[C@@H](O)[C@@H](C)[C@@H](O)[C@@H](C)[C@H](O)[C@H](C)[C@@H](O)[C@@](C)(O)/C=C(\C)C(=O)c3c(O)c(C)cc(c3C1=O)C2=O. The minimum atomic E-state index is -2.12. The number of allylic oxidation sites excluding steroid dienone is 5. The Bertz CT molecular complexity index is 1600. The van der Waals surface area contributed by atoms with Crippen LogP contribution in [0.5, 0.6) is 5.75 Å². The van der Waals surface area contributed by atoms with Crippen LogP contribution in [0.2, 0.25) is 0 Å². The lowest BCUT2D eigenvalue weighted by atomic mass is 9.76. The van der Waals surface area contributed by atoms with E-state index in [-0.39, 0.29) is 39.1 Å². The van der Waals surface area contributed by atoms with Crippen molar-refractivity contribution in [3.8, 4) is 5.75 Å². The van der Waals surface area contributed by atoms with Crippen molar-refractivity contribution in [3.63, 3.8) is 0 Å². The summed E-state index contributed by atoms with van der Waals surface area (Å²) in [6.45, 7) is 13.1. The lowest BCUT2D eigenvalue weighted by molar-refractivity contribution is -0.116. The summed E-state index contributed by atoms with van der Waals surface area (Å²) in [6, 6.07) is 1.26. The fourth-order valence-corrected chi connectivity index (χ4v) is 6.32. The quantitative estimate of drug-likeness (QED) is 0.218. The molecule has 0 saturated carbocycles. The number of aryl methyl sites for hydroxylation is 1. The molecular weight excluding hydrogens is 606 g/mol. The molecule has 0 unspecified atom stereocenters. The molecule has 0 saturated heterocycles. The van der Waals surface area contributed by atoms with Gasteiger partial charge in [-0.15, -0.1) is 0 Å². The van der Waals surface area contributed by atoms with E-state index in [4.69, 9.17) is 0 Å². The van der Waals surface area contributed by atoms with E-state index < -0.39 is 88.3 Å². The van der Waals surface area contributed by atoms with Gasteiger partial charge in [-0.05, 0) is 57.9 Å². The van der Waals surface area contributed by atoms with Gasteiger partial charge in [0.2, 0.25) is 5.78 Å². The van der Waals surface area contributed by atoms with E-state index in [9.17, 15) is 49.8 Å². The van der Waals surface area contributed by atoms with Gasteiger partial charge in [-0.25, -0.2) is 0 Å². The van der Waals surface area contributed by atoms with Crippen LogP contribution in [0.3, 0.4) is 0 Å². The van der Waals surface area contributed by atoms with Crippen LogP contribution < -0.4 is 5.32 Å². The molecular formula is C36H47NO10. The largest absolute Gasteiger partial charge is 0.507 e. The molecule has 1 aromatic rings. The first-order chi connectivity index (χ1) is 21.6. The fourth-order valence-electron chi connectivity index (χ4n) is 6.32. The van der Waals surface area contributed by atoms with Crippen molar-refractivity contribution in [2.24, 2.45) is 23.7 Å². The molecule has 256 valence electrons. The summed E-state index contributed by atoms with van der Waals surface area (Å²) in [4.78, 5) is 54.3. The van der Waals surface area contributed by atoms with Crippen LogP contribution in [0.4, 0.5) is 0 Å². The maximum absolute atomic E-state index is 13.9. The van der Waals surface area contributed by atoms with Crippen LogP contribution in [0.15, 0.2) is 52.8 Å². The summed E-state index contributed by atoms with van der Waals surface area (Å²) < 4.78 is 0. The highest BCUT2D eigenvalue weighted by molar-refractivity contribution is 6.31. The highest BCUT2D eigenvalue weighted by Crippen LogP contribution is 2.37. The molecule has 4 rings (SSSR count). The molecule has 1 aromatic carbocycles. The lowest BCUT2D eigenvalue weighted by Crippen LogP contribution is -2.50. The predicted molar refractivity (Wildman–Crippen MR) is 175 cm³/mol. The number of nitrogens with one attached hydrogen (secondary N) is 1. The number of phenolic OH excluding ortho intramolecular Hbond substituents is 1. The fraction of sp³-hybridized carbons (Fsp3) is 0.500. The Kier molecular flexibility index (Phi) is 11.4. The summed E-state index contributed by atoms with van der Waals surface area (Å²) in [5, 5.41) is 69.2. The first-order valence-electron chi connectivity index (χ1n) is 15.7. The Morgan fingerprint density at radius 1 is 0.745 bits per heavy atom. The third kappa shape index (κ3) is 7.24. The predicted octanol–water partition coefficient (Wildman–Crippen LogP) is 2.85. The molecule has 3 aliphatic rings. The third-order valence-corrected chi connectivity index (χ3v) is 9.69. The van der Waals surface area contributed by atoms with Crippen LogP contribution in [0, 0.1) is 30.6 Å². The number of carbonyl (C=O) groups is 4. The summed E-state index contributed by atoms with van der Waals surface area (Å²) in [5.41, 5.74) is -3.46. The molecule has 0 fully saturated rings. The molecule has 4 bridgehead atoms. The molecule has 2 heterocycles. The molecule has 7 N–H and O–H groups in total. The molecule has 0 radical (unpaired) electrons. The Labute approximate surface area is 275 Å². The number of rotatable bonds is 0. The van der Waals surface area contributed by atoms with Gasteiger partial charge >= 0.3 is 0 Å². The maximum Gasteiger partial charge on any atom is 0.251 e. The zero-order valence-electron chi connectivity index (χ0n) is 28.3. The van der Waals surface area contributed by atoms with Crippen LogP contribution in [-0.4, -0.2) is 83.9 Å². The Balaban J connectivity index is 2.24. The smallest absolute Gasteiger partial charge is 0.251 e. The van der Waals surface area contributed by atoms with Gasteiger partial charge in [0.1, 0.15) is 11.4 Å². The molecule has 0 spiro atoms. The zero-order chi connectivity index (χ0) is 35.9. The van der Waals surface area contributed by atoms with E-state index >= 15 is 0 Å². The summed E-state index contributed by atoms with van der Waals surface area (Å²) >= 11 is 0. The number of aliphatic hydroxyl groups excluding tert-OH is 4. The van der Waals surface area contributed by atoms with Crippen LogP contribution in [-0.2, 0) is 4.79 Å². The molecule has 11 nitrogen and oxygen atoms in total. The van der Waals surface area contributed by atoms with E-state index in [0.29, 0.717) is 0 Å². The number of carbonyl (C=O) groups excluding carboxylic acids is 4. The molecule has 47 heavy (non-hydrogen) atoms. The van der Waals surface area contributed by atoms with E-state index in [2.05, 4.69) is 5.32 Å². The number of amides is 1. The number of fused-ring (bicyclic) bond motifs is 15. The van der Waals surface area contributed by atoms with Gasteiger partial charge < -0.3 is 36.0 Å². The second kappa shape index (κ2) is 14.2. The van der Waals surface area contributed by atoms with Gasteiger partial charge in [0.05, 0.1) is 35.7 Å². The number of aliphatic hydroxyl groups is 5. The number of phenols is 1. The molecule has 2 aliphatic heterocycles. The van der Waals surface area contributed by atoms with Gasteiger partial charge in [0.25, 0.3) is 5.91 Å². The van der Waals surface area contributed by atoms with Gasteiger partial charge in [-0.2, -0.15) is 0 Å². The minimum Gasteiger partial charge on any atom is -0.507 e. The van der Waals surface area contributed by atoms with E-state index in [1.165, 1.54) is 53.7 Å². The number of benzene rings is 1. The number of hydrogen-bond donors (Lipinski definition) is 7. The molecule has 1 aliphatic carbocycles. The first-order valence-corrected chi connectivity index (χ1v) is 15.7. The molecule has 1 amide bonds. The Morgan fingerprint density at radius 2 is 1.30 bits per heavy atom. The summed E-state index contributed by atoms with van der Waals surface area (Å²) in [5.74, 6) is -6.77. The van der Waals surface area contributed by atoms with Crippen molar-refractivity contribution >= 4 is 23.3 Å². The van der Waals surface area contributed by atoms with Crippen molar-refractivity contribution in [1.82, 2.24) is 5.32 Å². The standard InChI is InChI=1S/C36H47NO10/c1-15-11-10-12-16(2)35(46)37-26-19(5)32(43)24-23(33(26)44)13-17(3)28(39)25(24)29(40)18(4)14-36(9,47)34(45)22(8)31(42)21(7)30(41)20(6)27(15)38/h10-15,20-22,27,30-31,34,38-39,41-42,45,47H,1-9H3,(H,37,46)/b11-10-,16-12+,18-14+/t15-,20+,21+,22-,27+,30+,31-,34+,36-/m0/s1. The number of Topliss-reactive ketones (excluding diaryl/α,β-unsaturated/α-hetero) is 3. The first kappa shape index (κ1) is 37.7. The van der Waals surface area contributed by atoms with E-state index in [1.807, 2.05) is 0 Å². The van der Waals surface area contributed by atoms with Crippen molar-refractivity contribution in [2.75, 3.05) is 0 Å². The summed E-state index contributed by atoms with van der Waals surface area (Å²) in [6.07, 6.45) is 0.374. The Hall–Kier alpha value is -3.74. The van der Waals surface area contributed by atoms with E-state index in [1.54, 1.807) is 32.9 Å². The second-order valence-corrected chi connectivity index (χ2v) is 13.4. The zero-order valence-corrected chi connectivity index (χ0v) is 28.3. The second-order valence-electron chi connectivity index (χ2n) is 13.4. The number of hydrogen-bond acceptors (Lipinski definition) is 10. The van der Waals surface area contributed by atoms with Crippen LogP contribution in [0.1, 0.15) is 92.0 Å². The van der Waals surface area contributed by atoms with Crippen molar-refractivity contribution in [3.05, 3.63) is 75.0 Å². The minimum absolute atomic E-state index is 0.111. The highest BCUT2D eigenvalue weighted by Gasteiger charge is 2.42. The van der Waals surface area contributed by atoms with Crippen LogP contribution >= 0.6 is 0 Å².